The van der Waals surface area contributed by atoms with Crippen molar-refractivity contribution in [3.05, 3.63) is 94.8 Å². The quantitative estimate of drug-likeness (QED) is 0.359. The van der Waals surface area contributed by atoms with Crippen molar-refractivity contribution in [2.45, 2.75) is 6.92 Å². The van der Waals surface area contributed by atoms with Crippen LogP contribution < -0.4 is 4.74 Å². The van der Waals surface area contributed by atoms with Crippen molar-refractivity contribution < 1.29 is 4.74 Å². The molecule has 0 aliphatic rings. The maximum absolute atomic E-state index is 5.88. The molecule has 1 N–H and O–H groups in total. The van der Waals surface area contributed by atoms with Gasteiger partial charge in [0, 0.05) is 5.56 Å². The molecule has 0 bridgehead atoms. The summed E-state index contributed by atoms with van der Waals surface area (Å²) < 4.78 is 7.94. The van der Waals surface area contributed by atoms with Gasteiger partial charge in [-0.3, -0.25) is 0 Å². The summed E-state index contributed by atoms with van der Waals surface area (Å²) in [5.74, 6) is 2.21. The van der Waals surface area contributed by atoms with Gasteiger partial charge in [0.2, 0.25) is 4.77 Å². The predicted molar refractivity (Wildman–Crippen MR) is 114 cm³/mol. The van der Waals surface area contributed by atoms with E-state index in [4.69, 9.17) is 17.0 Å². The number of aromatic nitrogens is 3. The number of para-hydroxylation sites is 1. The Balaban J connectivity index is 1.62. The molecule has 0 radical (unpaired) electrons. The molecule has 0 fully saturated rings. The third-order valence-corrected chi connectivity index (χ3v) is 4.46. The van der Waals surface area contributed by atoms with Crippen molar-refractivity contribution in [2.75, 3.05) is 0 Å². The number of benzene rings is 3. The van der Waals surface area contributed by atoms with Crippen LogP contribution in [0.5, 0.6) is 11.5 Å². The second-order valence-electron chi connectivity index (χ2n) is 6.21. The van der Waals surface area contributed by atoms with Crippen molar-refractivity contribution in [1.29, 1.82) is 0 Å². The molecule has 0 unspecified atom stereocenters. The molecule has 1 heterocycles. The zero-order valence-electron chi connectivity index (χ0n) is 15.2. The number of hydrogen-bond acceptors (Lipinski definition) is 4. The average Bonchev–Trinajstić information content (AvgIpc) is 3.08. The van der Waals surface area contributed by atoms with Crippen LogP contribution in [-0.4, -0.2) is 21.1 Å². The number of aryl methyl sites for hydroxylation is 1. The largest absolute Gasteiger partial charge is 0.457 e. The first kappa shape index (κ1) is 17.9. The van der Waals surface area contributed by atoms with Crippen LogP contribution in [0, 0.1) is 11.7 Å². The Morgan fingerprint density at radius 3 is 2.54 bits per heavy atom. The number of hydrogen-bond donors (Lipinski definition) is 1. The Kier molecular flexibility index (Phi) is 5.12. The van der Waals surface area contributed by atoms with Crippen LogP contribution in [0.2, 0.25) is 0 Å². The van der Waals surface area contributed by atoms with E-state index in [1.807, 2.05) is 85.8 Å². The molecule has 5 nitrogen and oxygen atoms in total. The van der Waals surface area contributed by atoms with Crippen LogP contribution in [-0.2, 0) is 0 Å². The van der Waals surface area contributed by atoms with Gasteiger partial charge in [0.1, 0.15) is 11.5 Å². The van der Waals surface area contributed by atoms with E-state index in [1.54, 1.807) is 10.9 Å². The highest BCUT2D eigenvalue weighted by Gasteiger charge is 2.10. The fourth-order valence-electron chi connectivity index (χ4n) is 2.80. The van der Waals surface area contributed by atoms with Crippen molar-refractivity contribution >= 4 is 18.4 Å². The predicted octanol–water partition coefficient (Wildman–Crippen LogP) is 5.59. The van der Waals surface area contributed by atoms with E-state index in [0.717, 1.165) is 28.2 Å². The lowest BCUT2D eigenvalue weighted by Gasteiger charge is -2.06. The van der Waals surface area contributed by atoms with E-state index >= 15 is 0 Å². The molecule has 0 atom stereocenters. The Hall–Kier alpha value is -3.51. The monoisotopic (exact) mass is 386 g/mol. The molecule has 0 aliphatic heterocycles. The molecule has 0 saturated carbocycles. The molecule has 0 aliphatic carbocycles. The third-order valence-electron chi connectivity index (χ3n) is 4.20. The second kappa shape index (κ2) is 8.02. The summed E-state index contributed by atoms with van der Waals surface area (Å²) in [5, 5.41) is 11.7. The van der Waals surface area contributed by atoms with Crippen molar-refractivity contribution in [2.24, 2.45) is 5.10 Å². The summed E-state index contributed by atoms with van der Waals surface area (Å²) in [4.78, 5) is 0. The van der Waals surface area contributed by atoms with Gasteiger partial charge in [-0.25, -0.2) is 5.10 Å². The van der Waals surface area contributed by atoms with Crippen LogP contribution in [0.3, 0.4) is 0 Å². The third kappa shape index (κ3) is 3.92. The van der Waals surface area contributed by atoms with E-state index < -0.39 is 0 Å². The van der Waals surface area contributed by atoms with E-state index in [-0.39, 0.29) is 0 Å². The number of aromatic amines is 1. The molecule has 0 amide bonds. The molecule has 0 spiro atoms. The molecule has 3 aromatic carbocycles. The molecular formula is C22H18N4OS. The Labute approximate surface area is 167 Å². The van der Waals surface area contributed by atoms with Crippen molar-refractivity contribution in [3.63, 3.8) is 0 Å². The van der Waals surface area contributed by atoms with Gasteiger partial charge < -0.3 is 4.74 Å². The van der Waals surface area contributed by atoms with E-state index in [1.165, 1.54) is 0 Å². The topological polar surface area (TPSA) is 55.2 Å². The standard InChI is InChI=1S/C22H18N4OS/c1-16-8-5-6-13-20(16)21-24-25-22(28)26(21)23-15-17-9-7-12-19(14-17)27-18-10-3-2-4-11-18/h2-15H,1H3,(H,25,28)/b23-15+. The van der Waals surface area contributed by atoms with Gasteiger partial charge in [-0.2, -0.15) is 14.9 Å². The van der Waals surface area contributed by atoms with Gasteiger partial charge in [-0.15, -0.1) is 0 Å². The fraction of sp³-hybridized carbons (Fsp3) is 0.0455. The van der Waals surface area contributed by atoms with Crippen LogP contribution >= 0.6 is 12.2 Å². The number of H-pyrrole nitrogens is 1. The molecule has 1 aromatic heterocycles. The van der Waals surface area contributed by atoms with Crippen LogP contribution in [0.15, 0.2) is 84.0 Å². The second-order valence-corrected chi connectivity index (χ2v) is 6.60. The van der Waals surface area contributed by atoms with Crippen LogP contribution in [0.1, 0.15) is 11.1 Å². The van der Waals surface area contributed by atoms with Gasteiger partial charge in [0.15, 0.2) is 5.82 Å². The SMILES string of the molecule is Cc1ccccc1-c1n[nH]c(=S)n1/N=C/c1cccc(Oc2ccccc2)c1. The summed E-state index contributed by atoms with van der Waals surface area (Å²) in [6.45, 7) is 2.03. The van der Waals surface area contributed by atoms with Gasteiger partial charge in [-0.05, 0) is 54.5 Å². The molecule has 6 heteroatoms. The number of nitrogens with one attached hydrogen (secondary N) is 1. The summed E-state index contributed by atoms with van der Waals surface area (Å²) >= 11 is 5.35. The van der Waals surface area contributed by atoms with Crippen molar-refractivity contribution in [1.82, 2.24) is 14.9 Å². The first-order chi connectivity index (χ1) is 13.7. The minimum Gasteiger partial charge on any atom is -0.457 e. The van der Waals surface area contributed by atoms with Crippen LogP contribution in [0.4, 0.5) is 0 Å². The Morgan fingerprint density at radius 2 is 1.71 bits per heavy atom. The van der Waals surface area contributed by atoms with Crippen LogP contribution in [0.25, 0.3) is 11.4 Å². The van der Waals surface area contributed by atoms with E-state index in [0.29, 0.717) is 10.6 Å². The van der Waals surface area contributed by atoms with Gasteiger partial charge in [0.25, 0.3) is 0 Å². The molecule has 0 saturated heterocycles. The molecule has 4 aromatic rings. The zero-order valence-corrected chi connectivity index (χ0v) is 16.1. The van der Waals surface area contributed by atoms with Gasteiger partial charge in [0.05, 0.1) is 6.21 Å². The fourth-order valence-corrected chi connectivity index (χ4v) is 2.98. The van der Waals surface area contributed by atoms with E-state index in [9.17, 15) is 0 Å². The lowest BCUT2D eigenvalue weighted by Crippen LogP contribution is -1.96. The molecule has 4 rings (SSSR count). The average molecular weight is 386 g/mol. The van der Waals surface area contributed by atoms with E-state index in [2.05, 4.69) is 15.3 Å². The number of ether oxygens (including phenoxy) is 1. The first-order valence-electron chi connectivity index (χ1n) is 8.81. The highest BCUT2D eigenvalue weighted by atomic mass is 32.1. The Bertz CT molecular complexity index is 1180. The summed E-state index contributed by atoms with van der Waals surface area (Å²) in [5.41, 5.74) is 2.98. The Morgan fingerprint density at radius 1 is 0.964 bits per heavy atom. The number of rotatable bonds is 5. The lowest BCUT2D eigenvalue weighted by atomic mass is 10.1. The minimum atomic E-state index is 0.436. The van der Waals surface area contributed by atoms with Crippen molar-refractivity contribution in [3.8, 4) is 22.9 Å². The summed E-state index contributed by atoms with van der Waals surface area (Å²) in [6, 6.07) is 25.4. The zero-order chi connectivity index (χ0) is 19.3. The summed E-state index contributed by atoms with van der Waals surface area (Å²) in [7, 11) is 0. The number of nitrogens with zero attached hydrogens (tertiary/aromatic N) is 3. The lowest BCUT2D eigenvalue weighted by molar-refractivity contribution is 0.482. The maximum Gasteiger partial charge on any atom is 0.216 e. The molecular weight excluding hydrogens is 368 g/mol. The minimum absolute atomic E-state index is 0.436. The summed E-state index contributed by atoms with van der Waals surface area (Å²) in [6.07, 6.45) is 1.74. The first-order valence-corrected chi connectivity index (χ1v) is 9.22. The van der Waals surface area contributed by atoms with Gasteiger partial charge >= 0.3 is 0 Å². The highest BCUT2D eigenvalue weighted by molar-refractivity contribution is 7.71. The molecule has 28 heavy (non-hydrogen) atoms. The molecule has 138 valence electrons. The smallest absolute Gasteiger partial charge is 0.216 e. The highest BCUT2D eigenvalue weighted by Crippen LogP contribution is 2.23. The van der Waals surface area contributed by atoms with Gasteiger partial charge in [-0.1, -0.05) is 54.6 Å². The maximum atomic E-state index is 5.88. The normalized spacial score (nSPS) is 11.0.